The van der Waals surface area contributed by atoms with Gasteiger partial charge >= 0.3 is 0 Å². The Labute approximate surface area is 84.2 Å². The fourth-order valence-electron chi connectivity index (χ4n) is 1.12. The molecule has 13 heavy (non-hydrogen) atoms. The molecule has 0 amide bonds. The van der Waals surface area contributed by atoms with Crippen molar-refractivity contribution in [1.29, 1.82) is 0 Å². The van der Waals surface area contributed by atoms with E-state index in [4.69, 9.17) is 5.73 Å². The molecule has 0 bridgehead atoms. The van der Waals surface area contributed by atoms with Gasteiger partial charge < -0.3 is 5.73 Å². The number of nitrogens with zero attached hydrogens (tertiary/aromatic N) is 1. The zero-order valence-corrected chi connectivity index (χ0v) is 9.23. The fourth-order valence-corrected chi connectivity index (χ4v) is 2.12. The molecule has 2 nitrogen and oxygen atoms in total. The summed E-state index contributed by atoms with van der Waals surface area (Å²) in [5.74, 6) is 0.608. The fraction of sp³-hybridized carbons (Fsp3) is 0.700. The van der Waals surface area contributed by atoms with Gasteiger partial charge in [0, 0.05) is 11.3 Å². The molecule has 1 heterocycles. The molecule has 0 radical (unpaired) electrons. The molecule has 0 fully saturated rings. The van der Waals surface area contributed by atoms with Gasteiger partial charge in [-0.3, -0.25) is 0 Å². The third-order valence-electron chi connectivity index (χ3n) is 2.24. The highest BCUT2D eigenvalue weighted by atomic mass is 32.1. The van der Waals surface area contributed by atoms with Crippen LogP contribution < -0.4 is 5.73 Å². The van der Waals surface area contributed by atoms with Crippen molar-refractivity contribution in [3.63, 3.8) is 0 Å². The Morgan fingerprint density at radius 3 is 3.00 bits per heavy atom. The Bertz CT molecular complexity index is 245. The Balaban J connectivity index is 2.53. The molecule has 0 aliphatic carbocycles. The molecule has 0 spiro atoms. The van der Waals surface area contributed by atoms with Gasteiger partial charge in [-0.05, 0) is 25.8 Å². The lowest BCUT2D eigenvalue weighted by atomic mass is 10.1. The molecule has 0 saturated carbocycles. The third kappa shape index (κ3) is 3.08. The number of aromatic nitrogens is 1. The second-order valence-corrected chi connectivity index (χ2v) is 4.27. The number of nitrogens with two attached hydrogens (primary N) is 1. The van der Waals surface area contributed by atoms with Crippen molar-refractivity contribution in [2.24, 2.45) is 5.73 Å². The van der Waals surface area contributed by atoms with Crippen LogP contribution in [0.25, 0.3) is 0 Å². The second-order valence-electron chi connectivity index (χ2n) is 3.38. The van der Waals surface area contributed by atoms with E-state index in [0.29, 0.717) is 5.92 Å². The normalized spacial score (nSPS) is 13.2. The van der Waals surface area contributed by atoms with Crippen molar-refractivity contribution in [2.75, 3.05) is 6.54 Å². The van der Waals surface area contributed by atoms with Crippen LogP contribution in [-0.2, 0) is 6.42 Å². The predicted octanol–water partition coefficient (Wildman–Crippen LogP) is 2.55. The summed E-state index contributed by atoms with van der Waals surface area (Å²) in [5.41, 5.74) is 6.66. The van der Waals surface area contributed by atoms with Crippen LogP contribution in [0, 0.1) is 0 Å². The molecule has 2 N–H and O–H groups in total. The van der Waals surface area contributed by atoms with Gasteiger partial charge in [0.15, 0.2) is 0 Å². The van der Waals surface area contributed by atoms with E-state index in [2.05, 4.69) is 24.2 Å². The van der Waals surface area contributed by atoms with Crippen LogP contribution in [0.3, 0.4) is 0 Å². The maximum absolute atomic E-state index is 5.44. The van der Waals surface area contributed by atoms with Crippen molar-refractivity contribution in [3.8, 4) is 0 Å². The average molecular weight is 198 g/mol. The zero-order chi connectivity index (χ0) is 9.68. The highest BCUT2D eigenvalue weighted by molar-refractivity contribution is 7.09. The Morgan fingerprint density at radius 1 is 1.62 bits per heavy atom. The molecule has 1 aromatic heterocycles. The summed E-state index contributed by atoms with van der Waals surface area (Å²) in [6, 6.07) is 0. The highest BCUT2D eigenvalue weighted by Gasteiger charge is 2.07. The van der Waals surface area contributed by atoms with E-state index in [-0.39, 0.29) is 0 Å². The molecule has 0 saturated heterocycles. The first kappa shape index (κ1) is 10.7. The van der Waals surface area contributed by atoms with Crippen LogP contribution in [-0.4, -0.2) is 11.5 Å². The molecular weight excluding hydrogens is 180 g/mol. The number of hydrogen-bond donors (Lipinski definition) is 1. The first-order valence-electron chi connectivity index (χ1n) is 4.92. The van der Waals surface area contributed by atoms with E-state index >= 15 is 0 Å². The summed E-state index contributed by atoms with van der Waals surface area (Å²) in [6.07, 6.45) is 3.25. The average Bonchev–Trinajstić information content (AvgIpc) is 2.62. The van der Waals surface area contributed by atoms with Crippen LogP contribution >= 0.6 is 11.3 Å². The molecule has 0 aliphatic heterocycles. The van der Waals surface area contributed by atoms with Gasteiger partial charge in [0.1, 0.15) is 0 Å². The minimum absolute atomic E-state index is 0.608. The number of thiazole rings is 1. The van der Waals surface area contributed by atoms with E-state index in [0.717, 1.165) is 19.4 Å². The van der Waals surface area contributed by atoms with E-state index in [1.54, 1.807) is 11.3 Å². The van der Waals surface area contributed by atoms with Crippen LogP contribution in [0.4, 0.5) is 0 Å². The Kier molecular flexibility index (Phi) is 4.39. The van der Waals surface area contributed by atoms with Gasteiger partial charge in [0.05, 0.1) is 10.7 Å². The van der Waals surface area contributed by atoms with Crippen molar-refractivity contribution in [1.82, 2.24) is 4.98 Å². The topological polar surface area (TPSA) is 38.9 Å². The standard InChI is InChI=1S/C10H18N2S/c1-3-8(2)10-12-9(7-13-10)5-4-6-11/h7-8H,3-6,11H2,1-2H3/t8-/m0/s1. The number of rotatable bonds is 5. The maximum Gasteiger partial charge on any atom is 0.0956 e. The van der Waals surface area contributed by atoms with E-state index < -0.39 is 0 Å². The summed E-state index contributed by atoms with van der Waals surface area (Å²) in [6.45, 7) is 5.19. The maximum atomic E-state index is 5.44. The van der Waals surface area contributed by atoms with Gasteiger partial charge in [0.2, 0.25) is 0 Å². The Hall–Kier alpha value is -0.410. The lowest BCUT2D eigenvalue weighted by Crippen LogP contribution is -2.00. The summed E-state index contributed by atoms with van der Waals surface area (Å²) in [7, 11) is 0. The van der Waals surface area contributed by atoms with Crippen molar-refractivity contribution < 1.29 is 0 Å². The van der Waals surface area contributed by atoms with Crippen molar-refractivity contribution >= 4 is 11.3 Å². The molecule has 74 valence electrons. The smallest absolute Gasteiger partial charge is 0.0956 e. The lowest BCUT2D eigenvalue weighted by Gasteiger charge is -2.01. The zero-order valence-electron chi connectivity index (χ0n) is 8.42. The van der Waals surface area contributed by atoms with Crippen molar-refractivity contribution in [2.45, 2.75) is 39.0 Å². The van der Waals surface area contributed by atoms with Gasteiger partial charge in [-0.15, -0.1) is 11.3 Å². The predicted molar refractivity (Wildman–Crippen MR) is 58.2 cm³/mol. The van der Waals surface area contributed by atoms with E-state index in [1.165, 1.54) is 17.1 Å². The monoisotopic (exact) mass is 198 g/mol. The number of aryl methyl sites for hydroxylation is 1. The van der Waals surface area contributed by atoms with Crippen LogP contribution in [0.15, 0.2) is 5.38 Å². The van der Waals surface area contributed by atoms with Gasteiger partial charge in [0.25, 0.3) is 0 Å². The third-order valence-corrected chi connectivity index (χ3v) is 3.37. The lowest BCUT2D eigenvalue weighted by molar-refractivity contribution is 0.717. The molecule has 0 aliphatic rings. The quantitative estimate of drug-likeness (QED) is 0.789. The first-order valence-corrected chi connectivity index (χ1v) is 5.80. The first-order chi connectivity index (χ1) is 6.27. The summed E-state index contributed by atoms with van der Waals surface area (Å²) < 4.78 is 0. The van der Waals surface area contributed by atoms with E-state index in [9.17, 15) is 0 Å². The molecule has 0 aromatic carbocycles. The van der Waals surface area contributed by atoms with Crippen molar-refractivity contribution in [3.05, 3.63) is 16.1 Å². The van der Waals surface area contributed by atoms with Crippen LogP contribution in [0.1, 0.15) is 43.3 Å². The van der Waals surface area contributed by atoms with E-state index in [1.807, 2.05) is 0 Å². The summed E-state index contributed by atoms with van der Waals surface area (Å²) in [4.78, 5) is 4.58. The molecule has 1 rings (SSSR count). The SMILES string of the molecule is CC[C@H](C)c1nc(CCCN)cs1. The van der Waals surface area contributed by atoms with Gasteiger partial charge in [-0.1, -0.05) is 13.8 Å². The molecule has 1 aromatic rings. The van der Waals surface area contributed by atoms with Gasteiger partial charge in [-0.25, -0.2) is 4.98 Å². The minimum atomic E-state index is 0.608. The molecule has 0 unspecified atom stereocenters. The number of hydrogen-bond acceptors (Lipinski definition) is 3. The van der Waals surface area contributed by atoms with Gasteiger partial charge in [-0.2, -0.15) is 0 Å². The molecule has 3 heteroatoms. The second kappa shape index (κ2) is 5.35. The highest BCUT2D eigenvalue weighted by Crippen LogP contribution is 2.22. The molecular formula is C10H18N2S. The summed E-state index contributed by atoms with van der Waals surface area (Å²) in [5, 5.41) is 3.44. The Morgan fingerprint density at radius 2 is 2.38 bits per heavy atom. The van der Waals surface area contributed by atoms with Crippen LogP contribution in [0.2, 0.25) is 0 Å². The summed E-state index contributed by atoms with van der Waals surface area (Å²) >= 11 is 1.78. The minimum Gasteiger partial charge on any atom is -0.330 e. The largest absolute Gasteiger partial charge is 0.330 e. The molecule has 1 atom stereocenters. The van der Waals surface area contributed by atoms with Crippen LogP contribution in [0.5, 0.6) is 0 Å².